The van der Waals surface area contributed by atoms with Crippen LogP contribution in [0.3, 0.4) is 0 Å². The van der Waals surface area contributed by atoms with Gasteiger partial charge >= 0.3 is 0 Å². The van der Waals surface area contributed by atoms with Gasteiger partial charge in [0.2, 0.25) is 5.91 Å². The number of nitrogens with one attached hydrogen (secondary N) is 1. The van der Waals surface area contributed by atoms with Gasteiger partial charge in [-0.15, -0.1) is 16.8 Å². The normalized spacial score (nSPS) is 12.1. The summed E-state index contributed by atoms with van der Waals surface area (Å²) < 4.78 is 13.3. The third-order valence-corrected chi connectivity index (χ3v) is 6.11. The minimum atomic E-state index is -0.326. The number of hydrogen-bond donors (Lipinski definition) is 1. The van der Waals surface area contributed by atoms with E-state index in [2.05, 4.69) is 55.0 Å². The highest BCUT2D eigenvalue weighted by Gasteiger charge is 2.20. The molecule has 34 heavy (non-hydrogen) atoms. The maximum atomic E-state index is 12.5. The molecule has 3 rings (SSSR count). The quantitative estimate of drug-likeness (QED) is 0.299. The van der Waals surface area contributed by atoms with Gasteiger partial charge in [-0.1, -0.05) is 56.8 Å². The molecule has 0 aliphatic carbocycles. The van der Waals surface area contributed by atoms with Crippen LogP contribution in [0.1, 0.15) is 45.2 Å². The number of aromatic nitrogens is 3. The Balaban J connectivity index is 1.66. The molecule has 1 atom stereocenters. The summed E-state index contributed by atoms with van der Waals surface area (Å²) in [4.78, 5) is 12.5. The predicted octanol–water partition coefficient (Wildman–Crippen LogP) is 5.64. The number of anilines is 1. The Hall–Kier alpha value is -3.26. The number of nitrogens with zero attached hydrogens (tertiary/aromatic N) is 3. The number of ether oxygens (including phenoxy) is 2. The number of allylic oxidation sites excluding steroid dienone is 1. The number of rotatable bonds is 10. The van der Waals surface area contributed by atoms with Crippen LogP contribution in [0.4, 0.5) is 5.69 Å². The standard InChI is InChI=1S/C26H32N4O3S/c1-7-15-30-24(18(2)33-21-13-11-19(12-14-21)26(3,4)5)28-29-25(30)34-17-23(31)27-20-9-8-10-22(16-20)32-6/h7-14,16,18H,1,15,17H2,2-6H3,(H,27,31). The van der Waals surface area contributed by atoms with E-state index in [0.29, 0.717) is 29.0 Å². The molecule has 0 aliphatic rings. The lowest BCUT2D eigenvalue weighted by Gasteiger charge is -2.20. The average molecular weight is 481 g/mol. The summed E-state index contributed by atoms with van der Waals surface area (Å²) in [6.45, 7) is 12.8. The molecule has 0 spiro atoms. The molecule has 0 saturated heterocycles. The summed E-state index contributed by atoms with van der Waals surface area (Å²) in [5, 5.41) is 12.1. The minimum absolute atomic E-state index is 0.0826. The van der Waals surface area contributed by atoms with Crippen molar-refractivity contribution in [3.8, 4) is 11.5 Å². The molecule has 8 heteroatoms. The summed E-state index contributed by atoms with van der Waals surface area (Å²) >= 11 is 1.32. The summed E-state index contributed by atoms with van der Waals surface area (Å²) in [5.74, 6) is 2.17. The van der Waals surface area contributed by atoms with Gasteiger partial charge in [0.25, 0.3) is 0 Å². The first-order chi connectivity index (χ1) is 16.2. The molecular weight excluding hydrogens is 448 g/mol. The van der Waals surface area contributed by atoms with Crippen LogP contribution >= 0.6 is 11.8 Å². The van der Waals surface area contributed by atoms with Crippen LogP contribution in [0.5, 0.6) is 11.5 Å². The van der Waals surface area contributed by atoms with Crippen LogP contribution in [-0.2, 0) is 16.8 Å². The summed E-state index contributed by atoms with van der Waals surface area (Å²) in [7, 11) is 1.59. The van der Waals surface area contributed by atoms with Crippen molar-refractivity contribution in [2.75, 3.05) is 18.2 Å². The van der Waals surface area contributed by atoms with E-state index in [1.807, 2.05) is 41.8 Å². The van der Waals surface area contributed by atoms with Gasteiger partial charge in [-0.2, -0.15) is 0 Å². The first kappa shape index (κ1) is 25.4. The minimum Gasteiger partial charge on any atom is -0.497 e. The fourth-order valence-corrected chi connectivity index (χ4v) is 4.08. The number of carbonyl (C=O) groups is 1. The van der Waals surface area contributed by atoms with E-state index in [-0.39, 0.29) is 23.2 Å². The molecule has 0 bridgehead atoms. The lowest BCUT2D eigenvalue weighted by atomic mass is 9.87. The molecule has 2 aromatic carbocycles. The van der Waals surface area contributed by atoms with E-state index in [0.717, 1.165) is 5.75 Å². The average Bonchev–Trinajstić information content (AvgIpc) is 3.20. The van der Waals surface area contributed by atoms with Gasteiger partial charge < -0.3 is 14.8 Å². The fraction of sp³-hybridized carbons (Fsp3) is 0.346. The van der Waals surface area contributed by atoms with Crippen molar-refractivity contribution in [1.29, 1.82) is 0 Å². The molecule has 1 aromatic heterocycles. The second kappa shape index (κ2) is 11.2. The number of hydrogen-bond acceptors (Lipinski definition) is 6. The number of thioether (sulfide) groups is 1. The lowest BCUT2D eigenvalue weighted by molar-refractivity contribution is -0.113. The van der Waals surface area contributed by atoms with Crippen molar-refractivity contribution in [3.05, 3.63) is 72.6 Å². The molecular formula is C26H32N4O3S. The first-order valence-corrected chi connectivity index (χ1v) is 12.1. The molecule has 0 fully saturated rings. The highest BCUT2D eigenvalue weighted by molar-refractivity contribution is 7.99. The third kappa shape index (κ3) is 6.63. The Morgan fingerprint density at radius 3 is 2.56 bits per heavy atom. The Morgan fingerprint density at radius 2 is 1.91 bits per heavy atom. The van der Waals surface area contributed by atoms with Crippen LogP contribution in [0.15, 0.2) is 66.3 Å². The predicted molar refractivity (Wildman–Crippen MR) is 137 cm³/mol. The second-order valence-corrected chi connectivity index (χ2v) is 9.79. The van der Waals surface area contributed by atoms with Gasteiger partial charge in [-0.3, -0.25) is 9.36 Å². The number of carbonyl (C=O) groups excluding carboxylic acids is 1. The fourth-order valence-electron chi connectivity index (χ4n) is 3.33. The topological polar surface area (TPSA) is 78.3 Å². The van der Waals surface area contributed by atoms with Crippen LogP contribution in [0, 0.1) is 0 Å². The lowest BCUT2D eigenvalue weighted by Crippen LogP contribution is -2.15. The molecule has 1 unspecified atom stereocenters. The molecule has 0 radical (unpaired) electrons. The molecule has 180 valence electrons. The van der Waals surface area contributed by atoms with Crippen molar-refractivity contribution in [2.24, 2.45) is 0 Å². The summed E-state index contributed by atoms with van der Waals surface area (Å²) in [5.41, 5.74) is 2.00. The van der Waals surface area contributed by atoms with Gasteiger partial charge in [-0.25, -0.2) is 0 Å². The molecule has 1 heterocycles. The second-order valence-electron chi connectivity index (χ2n) is 8.84. The van der Waals surface area contributed by atoms with Gasteiger partial charge in [0, 0.05) is 18.3 Å². The molecule has 0 aliphatic heterocycles. The largest absolute Gasteiger partial charge is 0.497 e. The molecule has 3 aromatic rings. The van der Waals surface area contributed by atoms with Crippen LogP contribution in [0.2, 0.25) is 0 Å². The van der Waals surface area contributed by atoms with Gasteiger partial charge in [0.15, 0.2) is 17.1 Å². The Morgan fingerprint density at radius 1 is 1.18 bits per heavy atom. The van der Waals surface area contributed by atoms with Crippen molar-refractivity contribution in [1.82, 2.24) is 14.8 Å². The SMILES string of the molecule is C=CCn1c(SCC(=O)Nc2cccc(OC)c2)nnc1C(C)Oc1ccc(C(C)(C)C)cc1. The number of amides is 1. The Bertz CT molecular complexity index is 1120. The van der Waals surface area contributed by atoms with Crippen molar-refractivity contribution >= 4 is 23.4 Å². The van der Waals surface area contributed by atoms with E-state index in [1.165, 1.54) is 17.3 Å². The van der Waals surface area contributed by atoms with E-state index in [4.69, 9.17) is 9.47 Å². The van der Waals surface area contributed by atoms with Crippen molar-refractivity contribution in [2.45, 2.75) is 50.9 Å². The van der Waals surface area contributed by atoms with Crippen LogP contribution < -0.4 is 14.8 Å². The Labute approximate surface area is 205 Å². The zero-order valence-corrected chi connectivity index (χ0v) is 21.2. The van der Waals surface area contributed by atoms with E-state index in [9.17, 15) is 4.79 Å². The zero-order valence-electron chi connectivity index (χ0n) is 20.4. The smallest absolute Gasteiger partial charge is 0.234 e. The zero-order chi connectivity index (χ0) is 24.7. The molecule has 1 N–H and O–H groups in total. The van der Waals surface area contributed by atoms with E-state index < -0.39 is 0 Å². The third-order valence-electron chi connectivity index (χ3n) is 5.14. The summed E-state index contributed by atoms with van der Waals surface area (Å²) in [6.07, 6.45) is 1.45. The van der Waals surface area contributed by atoms with E-state index >= 15 is 0 Å². The molecule has 7 nitrogen and oxygen atoms in total. The highest BCUT2D eigenvalue weighted by Crippen LogP contribution is 2.28. The number of methoxy groups -OCH3 is 1. The Kier molecular flexibility index (Phi) is 8.39. The highest BCUT2D eigenvalue weighted by atomic mass is 32.2. The van der Waals surface area contributed by atoms with Gasteiger partial charge in [0.05, 0.1) is 12.9 Å². The van der Waals surface area contributed by atoms with Gasteiger partial charge in [-0.05, 0) is 42.2 Å². The van der Waals surface area contributed by atoms with Crippen molar-refractivity contribution in [3.63, 3.8) is 0 Å². The van der Waals surface area contributed by atoms with E-state index in [1.54, 1.807) is 19.3 Å². The maximum Gasteiger partial charge on any atom is 0.234 e. The van der Waals surface area contributed by atoms with Crippen molar-refractivity contribution < 1.29 is 14.3 Å². The molecule has 0 saturated carbocycles. The van der Waals surface area contributed by atoms with Crippen LogP contribution in [0.25, 0.3) is 0 Å². The first-order valence-electron chi connectivity index (χ1n) is 11.1. The maximum absolute atomic E-state index is 12.5. The number of benzene rings is 2. The summed E-state index contributed by atoms with van der Waals surface area (Å²) in [6, 6.07) is 15.4. The monoisotopic (exact) mass is 480 g/mol. The van der Waals surface area contributed by atoms with Gasteiger partial charge in [0.1, 0.15) is 11.5 Å². The van der Waals surface area contributed by atoms with Crippen LogP contribution in [-0.4, -0.2) is 33.5 Å². The molecule has 1 amide bonds.